The number of ether oxygens (including phenoxy) is 1. The molecule has 11 heteroatoms. The van der Waals surface area contributed by atoms with Gasteiger partial charge in [0.25, 0.3) is 12.3 Å². The minimum absolute atomic E-state index is 0.0125. The molecule has 1 aromatic heterocycles. The van der Waals surface area contributed by atoms with Crippen LogP contribution in [-0.4, -0.2) is 35.8 Å². The Kier molecular flexibility index (Phi) is 8.12. The molecule has 1 heterocycles. The number of pyridine rings is 1. The van der Waals surface area contributed by atoms with Gasteiger partial charge in [0.05, 0.1) is 18.2 Å². The number of halogens is 6. The lowest BCUT2D eigenvalue weighted by Gasteiger charge is -2.22. The highest BCUT2D eigenvalue weighted by molar-refractivity contribution is 9.09. The van der Waals surface area contributed by atoms with Crippen LogP contribution in [0.2, 0.25) is 0 Å². The van der Waals surface area contributed by atoms with Crippen LogP contribution in [0.4, 0.5) is 22.0 Å². The zero-order valence-corrected chi connectivity index (χ0v) is 16.3. The number of nitrogens with one attached hydrogen (secondary N) is 1. The van der Waals surface area contributed by atoms with Crippen molar-refractivity contribution in [1.29, 1.82) is 0 Å². The number of alkyl halides is 6. The van der Waals surface area contributed by atoms with Gasteiger partial charge in [-0.2, -0.15) is 13.2 Å². The van der Waals surface area contributed by atoms with Crippen molar-refractivity contribution in [1.82, 2.24) is 10.3 Å². The van der Waals surface area contributed by atoms with Gasteiger partial charge in [0.2, 0.25) is 0 Å². The maximum absolute atomic E-state index is 13.5. The quantitative estimate of drug-likeness (QED) is 0.377. The topological polar surface area (TPSA) is 68.3 Å². The monoisotopic (exact) mass is 460 g/mol. The third kappa shape index (κ3) is 5.60. The molecule has 0 fully saturated rings. The van der Waals surface area contributed by atoms with Crippen molar-refractivity contribution in [2.75, 3.05) is 19.0 Å². The fourth-order valence-corrected chi connectivity index (χ4v) is 2.65. The Morgan fingerprint density at radius 1 is 1.22 bits per heavy atom. The summed E-state index contributed by atoms with van der Waals surface area (Å²) < 4.78 is 71.7. The fraction of sp³-hybridized carbons (Fsp3) is 0.562. The molecule has 152 valence electrons. The number of aromatic nitrogens is 1. The predicted molar refractivity (Wildman–Crippen MR) is 90.2 cm³/mol. The van der Waals surface area contributed by atoms with Crippen LogP contribution >= 0.6 is 15.9 Å². The van der Waals surface area contributed by atoms with E-state index in [-0.39, 0.29) is 24.2 Å². The number of hydrogen-bond donors (Lipinski definition) is 1. The van der Waals surface area contributed by atoms with Crippen LogP contribution in [0.15, 0.2) is 0 Å². The van der Waals surface area contributed by atoms with Gasteiger partial charge in [0.15, 0.2) is 5.69 Å². The fourth-order valence-electron chi connectivity index (χ4n) is 2.45. The Morgan fingerprint density at radius 2 is 1.81 bits per heavy atom. The van der Waals surface area contributed by atoms with E-state index in [1.54, 1.807) is 13.8 Å². The Balaban J connectivity index is 3.97. The number of methoxy groups -OCH3 is 1. The SMILES string of the molecule is COC(=O)c1c(C(F)F)nc(C(F)(F)F)c(C(=O)NCCBr)c1CC(C)C. The molecular weight excluding hydrogens is 443 g/mol. The van der Waals surface area contributed by atoms with Crippen molar-refractivity contribution < 1.29 is 36.3 Å². The Bertz CT molecular complexity index is 708. The largest absolute Gasteiger partial charge is 0.465 e. The first kappa shape index (κ1) is 23.3. The molecule has 0 aliphatic heterocycles. The average Bonchev–Trinajstić information content (AvgIpc) is 2.56. The van der Waals surface area contributed by atoms with Crippen LogP contribution in [0.3, 0.4) is 0 Å². The normalized spacial score (nSPS) is 11.8. The number of carbonyl (C=O) groups excluding carboxylic acids is 2. The standard InChI is InChI=1S/C16H18BrF5N2O3/c1-7(2)6-8-9(15(26)27-3)11(13(18)19)24-12(16(20,21)22)10(8)14(25)23-5-4-17/h7,13H,4-6H2,1-3H3,(H,23,25). The van der Waals surface area contributed by atoms with Crippen LogP contribution in [-0.2, 0) is 17.3 Å². The van der Waals surface area contributed by atoms with Crippen LogP contribution < -0.4 is 5.32 Å². The molecule has 0 saturated heterocycles. The van der Waals surface area contributed by atoms with Crippen molar-refractivity contribution in [2.24, 2.45) is 5.92 Å². The van der Waals surface area contributed by atoms with E-state index in [0.717, 1.165) is 7.11 Å². The predicted octanol–water partition coefficient (Wildman–Crippen LogP) is 4.15. The molecular formula is C16H18BrF5N2O3. The summed E-state index contributed by atoms with van der Waals surface area (Å²) in [5.41, 5.74) is -5.32. The Hall–Kier alpha value is -1.78. The summed E-state index contributed by atoms with van der Waals surface area (Å²) in [6.45, 7) is 3.20. The van der Waals surface area contributed by atoms with E-state index in [2.05, 4.69) is 31.0 Å². The molecule has 1 rings (SSSR count). The number of nitrogens with zero attached hydrogens (tertiary/aromatic N) is 1. The number of rotatable bonds is 7. The molecule has 0 aliphatic carbocycles. The minimum Gasteiger partial charge on any atom is -0.465 e. The summed E-state index contributed by atoms with van der Waals surface area (Å²) in [4.78, 5) is 27.4. The summed E-state index contributed by atoms with van der Waals surface area (Å²) in [6, 6.07) is 0. The Morgan fingerprint density at radius 3 is 2.22 bits per heavy atom. The number of carbonyl (C=O) groups is 2. The van der Waals surface area contributed by atoms with Gasteiger partial charge in [-0.25, -0.2) is 18.6 Å². The lowest BCUT2D eigenvalue weighted by Crippen LogP contribution is -2.32. The zero-order valence-electron chi connectivity index (χ0n) is 14.7. The third-order valence-electron chi connectivity index (χ3n) is 3.41. The first-order valence-electron chi connectivity index (χ1n) is 7.80. The second kappa shape index (κ2) is 9.43. The lowest BCUT2D eigenvalue weighted by atomic mass is 9.90. The number of amides is 1. The summed E-state index contributed by atoms with van der Waals surface area (Å²) in [7, 11) is 0.902. The first-order chi connectivity index (χ1) is 12.4. The zero-order chi connectivity index (χ0) is 20.9. The molecule has 0 bridgehead atoms. The molecule has 1 N–H and O–H groups in total. The summed E-state index contributed by atoms with van der Waals surface area (Å²) >= 11 is 3.02. The van der Waals surface area contributed by atoms with E-state index >= 15 is 0 Å². The molecule has 0 aliphatic rings. The Labute approximate surface area is 160 Å². The van der Waals surface area contributed by atoms with Gasteiger partial charge in [-0.05, 0) is 17.9 Å². The van der Waals surface area contributed by atoms with Crippen molar-refractivity contribution in [2.45, 2.75) is 32.9 Å². The van der Waals surface area contributed by atoms with Gasteiger partial charge in [0.1, 0.15) is 5.69 Å². The van der Waals surface area contributed by atoms with Crippen LogP contribution in [0.1, 0.15) is 57.9 Å². The van der Waals surface area contributed by atoms with Crippen molar-refractivity contribution in [3.8, 4) is 0 Å². The molecule has 0 aromatic carbocycles. The maximum atomic E-state index is 13.5. The second-order valence-electron chi connectivity index (χ2n) is 5.91. The van der Waals surface area contributed by atoms with Crippen molar-refractivity contribution >= 4 is 27.8 Å². The number of hydrogen-bond acceptors (Lipinski definition) is 4. The highest BCUT2D eigenvalue weighted by atomic mass is 79.9. The van der Waals surface area contributed by atoms with E-state index < -0.39 is 52.6 Å². The van der Waals surface area contributed by atoms with Gasteiger partial charge < -0.3 is 10.1 Å². The highest BCUT2D eigenvalue weighted by Gasteiger charge is 2.42. The highest BCUT2D eigenvalue weighted by Crippen LogP contribution is 2.37. The summed E-state index contributed by atoms with van der Waals surface area (Å²) in [6.07, 6.45) is -8.87. The molecule has 0 atom stereocenters. The smallest absolute Gasteiger partial charge is 0.434 e. The van der Waals surface area contributed by atoms with Gasteiger partial charge in [0, 0.05) is 11.9 Å². The molecule has 27 heavy (non-hydrogen) atoms. The molecule has 1 amide bonds. The van der Waals surface area contributed by atoms with E-state index in [4.69, 9.17) is 0 Å². The van der Waals surface area contributed by atoms with Crippen molar-refractivity contribution in [3.63, 3.8) is 0 Å². The van der Waals surface area contributed by atoms with Gasteiger partial charge in [-0.15, -0.1) is 0 Å². The van der Waals surface area contributed by atoms with Gasteiger partial charge in [-0.1, -0.05) is 29.8 Å². The van der Waals surface area contributed by atoms with Gasteiger partial charge >= 0.3 is 12.1 Å². The van der Waals surface area contributed by atoms with E-state index in [1.165, 1.54) is 0 Å². The van der Waals surface area contributed by atoms with E-state index in [1.807, 2.05) is 0 Å². The molecule has 1 aromatic rings. The molecule has 0 unspecified atom stereocenters. The maximum Gasteiger partial charge on any atom is 0.434 e. The summed E-state index contributed by atoms with van der Waals surface area (Å²) in [5, 5.41) is 2.50. The third-order valence-corrected chi connectivity index (χ3v) is 3.81. The summed E-state index contributed by atoms with van der Waals surface area (Å²) in [5.74, 6) is -2.78. The minimum atomic E-state index is -5.18. The number of esters is 1. The first-order valence-corrected chi connectivity index (χ1v) is 8.92. The molecule has 0 spiro atoms. The molecule has 0 saturated carbocycles. The van der Waals surface area contributed by atoms with Gasteiger partial charge in [-0.3, -0.25) is 4.79 Å². The van der Waals surface area contributed by atoms with Crippen LogP contribution in [0.5, 0.6) is 0 Å². The van der Waals surface area contributed by atoms with E-state index in [9.17, 15) is 31.5 Å². The van der Waals surface area contributed by atoms with Crippen LogP contribution in [0, 0.1) is 5.92 Å². The second-order valence-corrected chi connectivity index (χ2v) is 6.70. The lowest BCUT2D eigenvalue weighted by molar-refractivity contribution is -0.141. The average molecular weight is 461 g/mol. The van der Waals surface area contributed by atoms with E-state index in [0.29, 0.717) is 0 Å². The molecule has 5 nitrogen and oxygen atoms in total. The van der Waals surface area contributed by atoms with Crippen molar-refractivity contribution in [3.05, 3.63) is 28.1 Å². The molecule has 0 radical (unpaired) electrons. The van der Waals surface area contributed by atoms with Crippen LogP contribution in [0.25, 0.3) is 0 Å².